The molecule has 1 saturated carbocycles. The summed E-state index contributed by atoms with van der Waals surface area (Å²) in [6, 6.07) is 0. The Hall–Kier alpha value is -1.68. The first-order valence-electron chi connectivity index (χ1n) is 8.94. The zero-order chi connectivity index (χ0) is 17.1. The molecule has 0 aromatic carbocycles. The molecule has 4 rings (SSSR count). The van der Waals surface area contributed by atoms with Gasteiger partial charge >= 0.3 is 5.97 Å². The first-order valence-corrected chi connectivity index (χ1v) is 8.94. The van der Waals surface area contributed by atoms with Crippen molar-refractivity contribution in [3.63, 3.8) is 0 Å². The molecule has 4 atom stereocenters. The molecule has 4 nitrogen and oxygen atoms in total. The van der Waals surface area contributed by atoms with Crippen LogP contribution in [0.3, 0.4) is 0 Å². The summed E-state index contributed by atoms with van der Waals surface area (Å²) in [6.45, 7) is 2.03. The van der Waals surface area contributed by atoms with Gasteiger partial charge in [-0.25, -0.2) is 0 Å². The number of hydrogen-bond donors (Lipinski definition) is 2. The van der Waals surface area contributed by atoms with E-state index < -0.39 is 17.0 Å². The van der Waals surface area contributed by atoms with Crippen molar-refractivity contribution >= 4 is 11.8 Å². The molecule has 0 aromatic rings. The van der Waals surface area contributed by atoms with E-state index >= 15 is 0 Å². The lowest BCUT2D eigenvalue weighted by Gasteiger charge is -2.48. The summed E-state index contributed by atoms with van der Waals surface area (Å²) in [7, 11) is 0. The summed E-state index contributed by atoms with van der Waals surface area (Å²) >= 11 is 0. The molecule has 0 aliphatic heterocycles. The SMILES string of the molecule is C[C@]12C=CC3=C4CCC(=O)C=C4CC[C@H]3[C@@H]1CC[C@]2(O)CC(=O)O. The van der Waals surface area contributed by atoms with Gasteiger partial charge in [-0.05, 0) is 66.7 Å². The van der Waals surface area contributed by atoms with Gasteiger partial charge < -0.3 is 10.2 Å². The third-order valence-corrected chi connectivity index (χ3v) is 7.00. The summed E-state index contributed by atoms with van der Waals surface area (Å²) in [4.78, 5) is 22.9. The Labute approximate surface area is 141 Å². The molecular weight excluding hydrogens is 304 g/mol. The lowest BCUT2D eigenvalue weighted by molar-refractivity contribution is -0.147. The molecule has 0 radical (unpaired) electrons. The topological polar surface area (TPSA) is 74.6 Å². The third-order valence-electron chi connectivity index (χ3n) is 7.00. The number of carboxylic acid groups (broad SMARTS) is 1. The molecule has 0 spiro atoms. The van der Waals surface area contributed by atoms with Crippen molar-refractivity contribution in [2.24, 2.45) is 17.3 Å². The standard InChI is InChI=1S/C20H24O4/c1-19-8-6-15-14-5-3-13(21)10-12(14)2-4-16(15)17(19)7-9-20(19,24)11-18(22)23/h6,8,10,16-17,24H,2-5,7,9,11H2,1H3,(H,22,23)/t16-,17+,19+,20+/m1/s1. The molecule has 0 bridgehead atoms. The largest absolute Gasteiger partial charge is 0.481 e. The van der Waals surface area contributed by atoms with Gasteiger partial charge in [-0.2, -0.15) is 0 Å². The molecule has 0 saturated heterocycles. The van der Waals surface area contributed by atoms with Gasteiger partial charge in [-0.1, -0.05) is 19.1 Å². The summed E-state index contributed by atoms with van der Waals surface area (Å²) in [6.07, 6.45) is 10.6. The van der Waals surface area contributed by atoms with Gasteiger partial charge in [0.2, 0.25) is 0 Å². The van der Waals surface area contributed by atoms with Crippen LogP contribution in [-0.2, 0) is 9.59 Å². The minimum atomic E-state index is -1.16. The molecule has 0 amide bonds. The third kappa shape index (κ3) is 2.08. The van der Waals surface area contributed by atoms with E-state index in [-0.39, 0.29) is 18.1 Å². The fraction of sp³-hybridized carbons (Fsp3) is 0.600. The Kier molecular flexibility index (Phi) is 3.40. The number of rotatable bonds is 2. The molecule has 4 aliphatic carbocycles. The minimum Gasteiger partial charge on any atom is -0.481 e. The lowest BCUT2D eigenvalue weighted by Crippen LogP contribution is -2.48. The Morgan fingerprint density at radius 2 is 2.08 bits per heavy atom. The monoisotopic (exact) mass is 328 g/mol. The van der Waals surface area contributed by atoms with E-state index in [0.717, 1.165) is 25.7 Å². The number of aliphatic hydroxyl groups is 1. The van der Waals surface area contributed by atoms with Crippen LogP contribution in [0.15, 0.2) is 34.9 Å². The second-order valence-electron chi connectivity index (χ2n) is 8.08. The first-order chi connectivity index (χ1) is 11.3. The molecule has 1 fully saturated rings. The van der Waals surface area contributed by atoms with Gasteiger partial charge in [-0.15, -0.1) is 0 Å². The maximum Gasteiger partial charge on any atom is 0.306 e. The van der Waals surface area contributed by atoms with Gasteiger partial charge in [0.15, 0.2) is 5.78 Å². The first kappa shape index (κ1) is 15.8. The van der Waals surface area contributed by atoms with Crippen LogP contribution >= 0.6 is 0 Å². The molecule has 0 aromatic heterocycles. The van der Waals surface area contributed by atoms with Crippen LogP contribution in [0.1, 0.15) is 51.9 Å². The predicted octanol–water partition coefficient (Wildman–Crippen LogP) is 3.17. The second kappa shape index (κ2) is 5.16. The molecule has 24 heavy (non-hydrogen) atoms. The van der Waals surface area contributed by atoms with Crippen LogP contribution in [0.2, 0.25) is 0 Å². The Morgan fingerprint density at radius 3 is 2.83 bits per heavy atom. The zero-order valence-electron chi connectivity index (χ0n) is 14.0. The van der Waals surface area contributed by atoms with Gasteiger partial charge in [0.1, 0.15) is 0 Å². The molecule has 4 aliphatic rings. The smallest absolute Gasteiger partial charge is 0.306 e. The van der Waals surface area contributed by atoms with E-state index in [0.29, 0.717) is 18.8 Å². The molecule has 2 N–H and O–H groups in total. The van der Waals surface area contributed by atoms with Crippen LogP contribution in [-0.4, -0.2) is 27.6 Å². The maximum absolute atomic E-state index is 11.7. The van der Waals surface area contributed by atoms with Crippen molar-refractivity contribution in [3.8, 4) is 0 Å². The highest BCUT2D eigenvalue weighted by molar-refractivity contribution is 5.93. The zero-order valence-corrected chi connectivity index (χ0v) is 14.0. The summed E-state index contributed by atoms with van der Waals surface area (Å²) in [5, 5.41) is 20.3. The highest BCUT2D eigenvalue weighted by Gasteiger charge is 2.59. The number of aliphatic carboxylic acids is 1. The summed E-state index contributed by atoms with van der Waals surface area (Å²) in [5.74, 6) is -0.0394. The van der Waals surface area contributed by atoms with Crippen LogP contribution in [0, 0.1) is 17.3 Å². The number of ketones is 1. The molecular formula is C20H24O4. The highest BCUT2D eigenvalue weighted by Crippen LogP contribution is 2.61. The van der Waals surface area contributed by atoms with E-state index in [4.69, 9.17) is 0 Å². The number of fused-ring (bicyclic) bond motifs is 4. The van der Waals surface area contributed by atoms with Gasteiger partial charge in [-0.3, -0.25) is 9.59 Å². The Balaban J connectivity index is 1.77. The predicted molar refractivity (Wildman–Crippen MR) is 89.2 cm³/mol. The number of hydrogen-bond acceptors (Lipinski definition) is 3. The van der Waals surface area contributed by atoms with E-state index in [1.807, 2.05) is 13.0 Å². The van der Waals surface area contributed by atoms with Crippen LogP contribution in [0.4, 0.5) is 0 Å². The number of carboxylic acids is 1. The van der Waals surface area contributed by atoms with Crippen LogP contribution in [0.25, 0.3) is 0 Å². The van der Waals surface area contributed by atoms with E-state index in [1.54, 1.807) is 0 Å². The van der Waals surface area contributed by atoms with Crippen molar-refractivity contribution in [1.82, 2.24) is 0 Å². The average molecular weight is 328 g/mol. The highest BCUT2D eigenvalue weighted by atomic mass is 16.4. The average Bonchev–Trinajstić information content (AvgIpc) is 2.77. The van der Waals surface area contributed by atoms with Crippen molar-refractivity contribution in [3.05, 3.63) is 34.9 Å². The molecule has 4 heteroatoms. The fourth-order valence-corrected chi connectivity index (χ4v) is 5.65. The molecule has 0 unspecified atom stereocenters. The normalized spacial score (nSPS) is 40.8. The quantitative estimate of drug-likeness (QED) is 0.816. The summed E-state index contributed by atoms with van der Waals surface area (Å²) in [5.41, 5.74) is 2.23. The molecule has 0 heterocycles. The Bertz CT molecular complexity index is 713. The van der Waals surface area contributed by atoms with Crippen molar-refractivity contribution in [2.45, 2.75) is 57.5 Å². The minimum absolute atomic E-state index is 0.192. The fourth-order valence-electron chi connectivity index (χ4n) is 5.65. The number of allylic oxidation sites excluding steroid dienone is 5. The van der Waals surface area contributed by atoms with Crippen LogP contribution in [0.5, 0.6) is 0 Å². The van der Waals surface area contributed by atoms with Gasteiger partial charge in [0, 0.05) is 11.8 Å². The van der Waals surface area contributed by atoms with Crippen molar-refractivity contribution in [2.75, 3.05) is 0 Å². The van der Waals surface area contributed by atoms with Gasteiger partial charge in [0.05, 0.1) is 12.0 Å². The number of carbonyl (C=O) groups is 2. The van der Waals surface area contributed by atoms with Crippen molar-refractivity contribution < 1.29 is 19.8 Å². The Morgan fingerprint density at radius 1 is 1.29 bits per heavy atom. The van der Waals surface area contributed by atoms with E-state index in [1.165, 1.54) is 16.7 Å². The summed E-state index contributed by atoms with van der Waals surface area (Å²) < 4.78 is 0. The van der Waals surface area contributed by atoms with Crippen LogP contribution < -0.4 is 0 Å². The second-order valence-corrected chi connectivity index (χ2v) is 8.08. The van der Waals surface area contributed by atoms with Crippen molar-refractivity contribution in [1.29, 1.82) is 0 Å². The van der Waals surface area contributed by atoms with Gasteiger partial charge in [0.25, 0.3) is 0 Å². The lowest BCUT2D eigenvalue weighted by atomic mass is 9.58. The van der Waals surface area contributed by atoms with E-state index in [9.17, 15) is 19.8 Å². The van der Waals surface area contributed by atoms with E-state index in [2.05, 4.69) is 12.2 Å². The number of carbonyl (C=O) groups excluding carboxylic acids is 1. The maximum atomic E-state index is 11.7. The molecule has 128 valence electrons.